The molecule has 8 nitrogen and oxygen atoms in total. The summed E-state index contributed by atoms with van der Waals surface area (Å²) in [6.07, 6.45) is -5.28. The van der Waals surface area contributed by atoms with E-state index in [1.807, 2.05) is 18.7 Å². The van der Waals surface area contributed by atoms with Gasteiger partial charge >= 0.3 is 12.1 Å². The van der Waals surface area contributed by atoms with E-state index in [1.54, 1.807) is 30.3 Å². The van der Waals surface area contributed by atoms with Gasteiger partial charge in [0.2, 0.25) is 0 Å². The molecule has 1 amide bonds. The summed E-state index contributed by atoms with van der Waals surface area (Å²) in [5.74, 6) is -3.36. The van der Waals surface area contributed by atoms with Gasteiger partial charge in [0.15, 0.2) is 0 Å². The van der Waals surface area contributed by atoms with Gasteiger partial charge in [-0.05, 0) is 50.2 Å². The van der Waals surface area contributed by atoms with E-state index in [4.69, 9.17) is 15.9 Å². The third kappa shape index (κ3) is 7.13. The Labute approximate surface area is 189 Å². The summed E-state index contributed by atoms with van der Waals surface area (Å²) in [4.78, 5) is 30.5. The Hall–Kier alpha value is -3.76. The van der Waals surface area contributed by atoms with Crippen LogP contribution in [0.1, 0.15) is 29.8 Å². The van der Waals surface area contributed by atoms with Crippen LogP contribution < -0.4 is 15.4 Å². The zero-order chi connectivity index (χ0) is 24.6. The van der Waals surface area contributed by atoms with Crippen molar-refractivity contribution in [2.45, 2.75) is 20.0 Å². The minimum atomic E-state index is -5.28. The van der Waals surface area contributed by atoms with Gasteiger partial charge in [0.1, 0.15) is 18.2 Å². The second-order valence-electron chi connectivity index (χ2n) is 6.79. The van der Waals surface area contributed by atoms with Crippen LogP contribution in [0, 0.1) is 5.41 Å². The molecule has 0 saturated carbocycles. The average Bonchev–Trinajstić information content (AvgIpc) is 2.78. The number of anilines is 1. The van der Waals surface area contributed by atoms with Gasteiger partial charge < -0.3 is 20.2 Å². The highest BCUT2D eigenvalue weighted by atomic mass is 19.4. The van der Waals surface area contributed by atoms with E-state index in [2.05, 4.69) is 4.84 Å². The van der Waals surface area contributed by atoms with Gasteiger partial charge in [-0.2, -0.15) is 18.2 Å². The van der Waals surface area contributed by atoms with E-state index in [0.717, 1.165) is 18.8 Å². The van der Waals surface area contributed by atoms with Crippen LogP contribution in [-0.2, 0) is 9.63 Å². The zero-order valence-corrected chi connectivity index (χ0v) is 18.2. The Morgan fingerprint density at radius 1 is 1.03 bits per heavy atom. The lowest BCUT2D eigenvalue weighted by molar-refractivity contribution is -0.229. The Morgan fingerprint density at radius 3 is 2.21 bits per heavy atom. The molecule has 2 aromatic carbocycles. The van der Waals surface area contributed by atoms with E-state index in [9.17, 15) is 22.8 Å². The van der Waals surface area contributed by atoms with Crippen molar-refractivity contribution in [1.29, 1.82) is 5.41 Å². The van der Waals surface area contributed by atoms with E-state index >= 15 is 0 Å². The van der Waals surface area contributed by atoms with Gasteiger partial charge in [-0.25, -0.2) is 4.79 Å². The van der Waals surface area contributed by atoms with Crippen molar-refractivity contribution < 1.29 is 32.3 Å². The number of carbonyl (C=O) groups excluding carboxylic acids is 2. The number of hydrogen-bond acceptors (Lipinski definition) is 6. The number of amidine groups is 1. The SMILES string of the molecule is CCN(CC)c1ccc(C(=O)N(CCOc2cccc(C(=N)N)c2)OC(=O)C(F)(F)F)cc1. The summed E-state index contributed by atoms with van der Waals surface area (Å²) >= 11 is 0. The molecule has 0 saturated heterocycles. The lowest BCUT2D eigenvalue weighted by atomic mass is 10.1. The fourth-order valence-corrected chi connectivity index (χ4v) is 2.89. The highest BCUT2D eigenvalue weighted by molar-refractivity contribution is 5.95. The summed E-state index contributed by atoms with van der Waals surface area (Å²) in [5, 5.41) is 7.75. The van der Waals surface area contributed by atoms with Gasteiger partial charge in [0.05, 0.1) is 6.54 Å². The number of nitrogens with zero attached hydrogens (tertiary/aromatic N) is 2. The normalized spacial score (nSPS) is 10.9. The Morgan fingerprint density at radius 2 is 1.67 bits per heavy atom. The number of hydroxylamine groups is 2. The monoisotopic (exact) mass is 466 g/mol. The lowest BCUT2D eigenvalue weighted by Crippen LogP contribution is -2.40. The van der Waals surface area contributed by atoms with E-state index < -0.39 is 24.6 Å². The van der Waals surface area contributed by atoms with Crippen LogP contribution in [-0.4, -0.2) is 55.2 Å². The fraction of sp³-hybridized carbons (Fsp3) is 0.318. The maximum atomic E-state index is 12.8. The van der Waals surface area contributed by atoms with Crippen LogP contribution in [0.3, 0.4) is 0 Å². The molecular weight excluding hydrogens is 441 g/mol. The molecule has 0 aliphatic heterocycles. The number of nitrogen functional groups attached to an aromatic ring is 1. The van der Waals surface area contributed by atoms with Crippen molar-refractivity contribution in [2.24, 2.45) is 5.73 Å². The molecule has 0 aromatic heterocycles. The highest BCUT2D eigenvalue weighted by Crippen LogP contribution is 2.20. The van der Waals surface area contributed by atoms with Gasteiger partial charge in [-0.15, -0.1) is 0 Å². The number of rotatable bonds is 9. The first-order valence-electron chi connectivity index (χ1n) is 10.1. The lowest BCUT2D eigenvalue weighted by Gasteiger charge is -2.23. The van der Waals surface area contributed by atoms with Crippen molar-refractivity contribution in [2.75, 3.05) is 31.1 Å². The number of carbonyl (C=O) groups is 2. The van der Waals surface area contributed by atoms with Crippen LogP contribution in [0.15, 0.2) is 48.5 Å². The van der Waals surface area contributed by atoms with Crippen molar-refractivity contribution in [3.63, 3.8) is 0 Å². The molecular formula is C22H25F3N4O4. The summed E-state index contributed by atoms with van der Waals surface area (Å²) in [6.45, 7) is 4.65. The van der Waals surface area contributed by atoms with Crippen LogP contribution in [0.5, 0.6) is 5.75 Å². The van der Waals surface area contributed by atoms with E-state index in [1.165, 1.54) is 18.2 Å². The molecule has 0 unspecified atom stereocenters. The fourth-order valence-electron chi connectivity index (χ4n) is 2.89. The van der Waals surface area contributed by atoms with Crippen molar-refractivity contribution in [3.8, 4) is 5.75 Å². The maximum absolute atomic E-state index is 12.8. The van der Waals surface area contributed by atoms with Gasteiger partial charge in [0, 0.05) is 29.9 Å². The number of alkyl halides is 3. The minimum absolute atomic E-state index is 0.0412. The smallest absolute Gasteiger partial charge is 0.492 e. The van der Waals surface area contributed by atoms with Gasteiger partial charge in [-0.1, -0.05) is 12.1 Å². The van der Waals surface area contributed by atoms with Crippen molar-refractivity contribution >= 4 is 23.4 Å². The molecule has 11 heteroatoms. The second-order valence-corrected chi connectivity index (χ2v) is 6.79. The Bertz CT molecular complexity index is 976. The molecule has 3 N–H and O–H groups in total. The zero-order valence-electron chi connectivity index (χ0n) is 18.2. The maximum Gasteiger partial charge on any atom is 0.493 e. The van der Waals surface area contributed by atoms with Gasteiger partial charge in [0.25, 0.3) is 5.91 Å². The van der Waals surface area contributed by atoms with Crippen LogP contribution >= 0.6 is 0 Å². The summed E-state index contributed by atoms with van der Waals surface area (Å²) in [6, 6.07) is 12.4. The first kappa shape index (κ1) is 25.5. The van der Waals surface area contributed by atoms with Crippen molar-refractivity contribution in [3.05, 3.63) is 59.7 Å². The Balaban J connectivity index is 2.16. The molecule has 0 aliphatic carbocycles. The minimum Gasteiger partial charge on any atom is -0.492 e. The first-order chi connectivity index (χ1) is 15.6. The third-order valence-corrected chi connectivity index (χ3v) is 4.60. The molecule has 33 heavy (non-hydrogen) atoms. The molecule has 2 aromatic rings. The number of nitrogens with one attached hydrogen (secondary N) is 1. The number of amides is 1. The number of benzene rings is 2. The largest absolute Gasteiger partial charge is 0.493 e. The van der Waals surface area contributed by atoms with Gasteiger partial charge in [-0.3, -0.25) is 10.2 Å². The number of halogens is 3. The number of ether oxygens (including phenoxy) is 1. The molecule has 2 rings (SSSR count). The van der Waals surface area contributed by atoms with E-state index in [-0.39, 0.29) is 23.8 Å². The van der Waals surface area contributed by atoms with Crippen molar-refractivity contribution in [1.82, 2.24) is 5.06 Å². The quantitative estimate of drug-likeness (QED) is 0.333. The predicted molar refractivity (Wildman–Crippen MR) is 116 cm³/mol. The molecule has 178 valence electrons. The summed E-state index contributed by atoms with van der Waals surface area (Å²) in [5.41, 5.74) is 6.68. The standard InChI is InChI=1S/C22H25F3N4O4/c1-3-28(4-2)17-10-8-15(9-11-17)20(30)29(33-21(31)22(23,24)25)12-13-32-18-7-5-6-16(14-18)19(26)27/h5-11,14H,3-4,12-13H2,1-2H3,(H3,26,27). The van der Waals surface area contributed by atoms with Crippen LogP contribution in [0.25, 0.3) is 0 Å². The first-order valence-corrected chi connectivity index (χ1v) is 10.1. The topological polar surface area (TPSA) is 109 Å². The summed E-state index contributed by atoms with van der Waals surface area (Å²) in [7, 11) is 0. The molecule has 0 radical (unpaired) electrons. The second kappa shape index (κ2) is 11.2. The summed E-state index contributed by atoms with van der Waals surface area (Å²) < 4.78 is 43.6. The molecule has 0 aliphatic rings. The predicted octanol–water partition coefficient (Wildman–Crippen LogP) is 3.36. The number of nitrogens with two attached hydrogens (primary N) is 1. The molecule has 0 atom stereocenters. The van der Waals surface area contributed by atoms with Crippen LogP contribution in [0.2, 0.25) is 0 Å². The molecule has 0 bridgehead atoms. The average molecular weight is 466 g/mol. The molecule has 0 fully saturated rings. The van der Waals surface area contributed by atoms with Crippen LogP contribution in [0.4, 0.5) is 18.9 Å². The number of hydrogen-bond donors (Lipinski definition) is 2. The van der Waals surface area contributed by atoms with E-state index in [0.29, 0.717) is 10.6 Å². The molecule has 0 spiro atoms. The Kier molecular flexibility index (Phi) is 8.66. The molecule has 0 heterocycles. The third-order valence-electron chi connectivity index (χ3n) is 4.60. The highest BCUT2D eigenvalue weighted by Gasteiger charge is 2.43.